The molecule has 0 aromatic heterocycles. The summed E-state index contributed by atoms with van der Waals surface area (Å²) in [6.07, 6.45) is 0.811. The Bertz CT molecular complexity index is 570. The summed E-state index contributed by atoms with van der Waals surface area (Å²) >= 11 is 6.27. The molecule has 0 aliphatic rings. The monoisotopic (exact) mass is 273 g/mol. The van der Waals surface area contributed by atoms with E-state index in [1.165, 1.54) is 16.7 Å². The zero-order valence-electron chi connectivity index (χ0n) is 11.7. The second kappa shape index (κ2) is 5.77. The summed E-state index contributed by atoms with van der Waals surface area (Å²) in [6.45, 7) is 6.26. The van der Waals surface area contributed by atoms with Gasteiger partial charge in [0.05, 0.1) is 0 Å². The van der Waals surface area contributed by atoms with E-state index in [1.54, 1.807) is 0 Å². The van der Waals surface area contributed by atoms with Gasteiger partial charge in [0, 0.05) is 11.1 Å². The van der Waals surface area contributed by atoms with Gasteiger partial charge in [-0.05, 0) is 49.9 Å². The minimum absolute atomic E-state index is 0.0608. The van der Waals surface area contributed by atoms with E-state index in [0.717, 1.165) is 22.6 Å². The number of benzene rings is 2. The van der Waals surface area contributed by atoms with Crippen molar-refractivity contribution in [3.8, 4) is 0 Å². The van der Waals surface area contributed by atoms with E-state index in [4.69, 9.17) is 17.3 Å². The van der Waals surface area contributed by atoms with Crippen LogP contribution in [-0.4, -0.2) is 0 Å². The minimum Gasteiger partial charge on any atom is -0.324 e. The highest BCUT2D eigenvalue weighted by molar-refractivity contribution is 6.31. The standard InChI is InChI=1S/C17H20ClN/c1-11-4-5-15(16(18)9-11)17(19)10-14-7-12(2)6-13(3)8-14/h4-9,17H,10,19H2,1-3H3. The van der Waals surface area contributed by atoms with Gasteiger partial charge in [0.2, 0.25) is 0 Å². The number of hydrogen-bond donors (Lipinski definition) is 1. The molecule has 1 nitrogen and oxygen atoms in total. The molecule has 100 valence electrons. The Balaban J connectivity index is 2.22. The van der Waals surface area contributed by atoms with E-state index in [9.17, 15) is 0 Å². The van der Waals surface area contributed by atoms with Crippen molar-refractivity contribution in [2.24, 2.45) is 5.73 Å². The molecule has 0 amide bonds. The van der Waals surface area contributed by atoms with Gasteiger partial charge in [-0.1, -0.05) is 53.1 Å². The number of aryl methyl sites for hydroxylation is 3. The van der Waals surface area contributed by atoms with Crippen molar-refractivity contribution in [2.75, 3.05) is 0 Å². The average molecular weight is 274 g/mol. The number of hydrogen-bond acceptors (Lipinski definition) is 1. The van der Waals surface area contributed by atoms with Gasteiger partial charge in [0.25, 0.3) is 0 Å². The highest BCUT2D eigenvalue weighted by Gasteiger charge is 2.11. The molecule has 0 saturated carbocycles. The molecule has 1 unspecified atom stereocenters. The quantitative estimate of drug-likeness (QED) is 0.875. The van der Waals surface area contributed by atoms with Crippen LogP contribution in [0.25, 0.3) is 0 Å². The SMILES string of the molecule is Cc1cc(C)cc(CC(N)c2ccc(C)cc2Cl)c1. The van der Waals surface area contributed by atoms with Crippen LogP contribution in [-0.2, 0) is 6.42 Å². The highest BCUT2D eigenvalue weighted by atomic mass is 35.5. The predicted octanol–water partition coefficient (Wildman–Crippen LogP) is 4.51. The van der Waals surface area contributed by atoms with Gasteiger partial charge in [0.15, 0.2) is 0 Å². The van der Waals surface area contributed by atoms with Gasteiger partial charge in [-0.15, -0.1) is 0 Å². The topological polar surface area (TPSA) is 26.0 Å². The minimum atomic E-state index is -0.0608. The van der Waals surface area contributed by atoms with Crippen LogP contribution in [0.15, 0.2) is 36.4 Å². The van der Waals surface area contributed by atoms with Crippen molar-refractivity contribution in [2.45, 2.75) is 33.2 Å². The number of nitrogens with two attached hydrogens (primary N) is 1. The molecule has 1 atom stereocenters. The van der Waals surface area contributed by atoms with E-state index in [2.05, 4.69) is 38.1 Å². The normalized spacial score (nSPS) is 12.5. The molecule has 19 heavy (non-hydrogen) atoms. The summed E-state index contributed by atoms with van der Waals surface area (Å²) in [5.41, 5.74) is 12.3. The van der Waals surface area contributed by atoms with Crippen molar-refractivity contribution >= 4 is 11.6 Å². The Morgan fingerprint density at radius 3 is 2.16 bits per heavy atom. The lowest BCUT2D eigenvalue weighted by molar-refractivity contribution is 0.721. The number of rotatable bonds is 3. The zero-order valence-corrected chi connectivity index (χ0v) is 12.5. The van der Waals surface area contributed by atoms with E-state index >= 15 is 0 Å². The molecule has 0 aliphatic heterocycles. The van der Waals surface area contributed by atoms with Crippen LogP contribution in [0.5, 0.6) is 0 Å². The number of halogens is 1. The van der Waals surface area contributed by atoms with Crippen LogP contribution < -0.4 is 5.73 Å². The van der Waals surface area contributed by atoms with Crippen molar-refractivity contribution < 1.29 is 0 Å². The maximum Gasteiger partial charge on any atom is 0.0456 e. The molecule has 0 heterocycles. The molecule has 0 bridgehead atoms. The second-order valence-electron chi connectivity index (χ2n) is 5.33. The van der Waals surface area contributed by atoms with Gasteiger partial charge in [-0.2, -0.15) is 0 Å². The maximum absolute atomic E-state index is 6.29. The Morgan fingerprint density at radius 2 is 1.58 bits per heavy atom. The third-order valence-electron chi connectivity index (χ3n) is 3.29. The molecule has 2 N–H and O–H groups in total. The summed E-state index contributed by atoms with van der Waals surface area (Å²) in [4.78, 5) is 0. The predicted molar refractivity (Wildman–Crippen MR) is 82.7 cm³/mol. The molecule has 2 rings (SSSR count). The molecular weight excluding hydrogens is 254 g/mol. The van der Waals surface area contributed by atoms with Gasteiger partial charge in [0.1, 0.15) is 0 Å². The average Bonchev–Trinajstić information content (AvgIpc) is 2.26. The lowest BCUT2D eigenvalue weighted by atomic mass is 9.96. The fraction of sp³-hybridized carbons (Fsp3) is 0.294. The summed E-state index contributed by atoms with van der Waals surface area (Å²) < 4.78 is 0. The van der Waals surface area contributed by atoms with Gasteiger partial charge in [-0.25, -0.2) is 0 Å². The Morgan fingerprint density at radius 1 is 0.947 bits per heavy atom. The van der Waals surface area contributed by atoms with Crippen molar-refractivity contribution in [1.82, 2.24) is 0 Å². The van der Waals surface area contributed by atoms with Crippen molar-refractivity contribution in [3.05, 3.63) is 69.2 Å². The molecule has 2 aromatic rings. The van der Waals surface area contributed by atoms with Crippen LogP contribution in [0.1, 0.15) is 33.9 Å². The first-order valence-electron chi connectivity index (χ1n) is 6.54. The van der Waals surface area contributed by atoms with Crippen LogP contribution in [0.4, 0.5) is 0 Å². The molecule has 0 saturated heterocycles. The lowest BCUT2D eigenvalue weighted by Crippen LogP contribution is -2.14. The van der Waals surface area contributed by atoms with Crippen molar-refractivity contribution in [1.29, 1.82) is 0 Å². The first-order chi connectivity index (χ1) is 8.95. The molecule has 0 radical (unpaired) electrons. The zero-order chi connectivity index (χ0) is 14.0. The molecule has 0 spiro atoms. The third-order valence-corrected chi connectivity index (χ3v) is 3.62. The molecule has 0 fully saturated rings. The highest BCUT2D eigenvalue weighted by Crippen LogP contribution is 2.25. The maximum atomic E-state index is 6.29. The molecule has 2 heteroatoms. The second-order valence-corrected chi connectivity index (χ2v) is 5.74. The third kappa shape index (κ3) is 3.59. The van der Waals surface area contributed by atoms with E-state index < -0.39 is 0 Å². The summed E-state index contributed by atoms with van der Waals surface area (Å²) in [7, 11) is 0. The van der Waals surface area contributed by atoms with Gasteiger partial charge in [-0.3, -0.25) is 0 Å². The van der Waals surface area contributed by atoms with Crippen molar-refractivity contribution in [3.63, 3.8) is 0 Å². The fourth-order valence-corrected chi connectivity index (χ4v) is 2.86. The molecular formula is C17H20ClN. The molecule has 0 aliphatic carbocycles. The van der Waals surface area contributed by atoms with E-state index in [-0.39, 0.29) is 6.04 Å². The van der Waals surface area contributed by atoms with Gasteiger partial charge < -0.3 is 5.73 Å². The first kappa shape index (κ1) is 14.1. The summed E-state index contributed by atoms with van der Waals surface area (Å²) in [6, 6.07) is 12.6. The summed E-state index contributed by atoms with van der Waals surface area (Å²) in [5.74, 6) is 0. The smallest absolute Gasteiger partial charge is 0.0456 e. The fourth-order valence-electron chi connectivity index (χ4n) is 2.48. The van der Waals surface area contributed by atoms with E-state index in [0.29, 0.717) is 0 Å². The first-order valence-corrected chi connectivity index (χ1v) is 6.92. The Hall–Kier alpha value is -1.31. The van der Waals surface area contributed by atoms with Crippen LogP contribution in [0.2, 0.25) is 5.02 Å². The Kier molecular flexibility index (Phi) is 4.28. The largest absolute Gasteiger partial charge is 0.324 e. The van der Waals surface area contributed by atoms with Crippen LogP contribution in [0.3, 0.4) is 0 Å². The van der Waals surface area contributed by atoms with E-state index in [1.807, 2.05) is 19.1 Å². The van der Waals surface area contributed by atoms with Gasteiger partial charge >= 0.3 is 0 Å². The van der Waals surface area contributed by atoms with Crippen LogP contribution >= 0.6 is 11.6 Å². The summed E-state index contributed by atoms with van der Waals surface area (Å²) in [5, 5.41) is 0.761. The van der Waals surface area contributed by atoms with Crippen LogP contribution in [0, 0.1) is 20.8 Å². The molecule has 2 aromatic carbocycles. The Labute approximate surface area is 120 Å². The lowest BCUT2D eigenvalue weighted by Gasteiger charge is -2.15.